The smallest absolute Gasteiger partial charge is 0.252 e. The second-order valence-electron chi connectivity index (χ2n) is 5.34. The van der Waals surface area contributed by atoms with Crippen molar-refractivity contribution < 1.29 is 4.79 Å². The Morgan fingerprint density at radius 1 is 1.29 bits per heavy atom. The lowest BCUT2D eigenvalue weighted by Crippen LogP contribution is -2.42. The van der Waals surface area contributed by atoms with Crippen molar-refractivity contribution in [3.05, 3.63) is 52.5 Å². The molecule has 6 nitrogen and oxygen atoms in total. The SMILES string of the molecule is CN=C(NCCNC(=O)c1cccnc1)NCC(C)c1ccsc1. The molecule has 7 heteroatoms. The van der Waals surface area contributed by atoms with Crippen LogP contribution < -0.4 is 16.0 Å². The van der Waals surface area contributed by atoms with Crippen molar-refractivity contribution in [3.63, 3.8) is 0 Å². The number of carbonyl (C=O) groups is 1. The first kappa shape index (κ1) is 17.9. The van der Waals surface area contributed by atoms with Gasteiger partial charge in [-0.2, -0.15) is 11.3 Å². The number of nitrogens with zero attached hydrogens (tertiary/aromatic N) is 2. The summed E-state index contributed by atoms with van der Waals surface area (Å²) >= 11 is 1.71. The molecule has 0 saturated carbocycles. The lowest BCUT2D eigenvalue weighted by molar-refractivity contribution is 0.0954. The molecule has 0 aliphatic rings. The highest BCUT2D eigenvalue weighted by Crippen LogP contribution is 2.16. The molecule has 128 valence electrons. The van der Waals surface area contributed by atoms with Gasteiger partial charge in [0.25, 0.3) is 5.91 Å². The molecular weight excluding hydrogens is 322 g/mol. The Morgan fingerprint density at radius 2 is 2.12 bits per heavy atom. The van der Waals surface area contributed by atoms with Crippen LogP contribution >= 0.6 is 11.3 Å². The highest BCUT2D eigenvalue weighted by Gasteiger charge is 2.07. The first-order valence-electron chi connectivity index (χ1n) is 7.85. The van der Waals surface area contributed by atoms with E-state index in [2.05, 4.69) is 49.7 Å². The molecule has 2 rings (SSSR count). The van der Waals surface area contributed by atoms with Gasteiger partial charge in [-0.15, -0.1) is 0 Å². The van der Waals surface area contributed by atoms with Crippen LogP contribution in [0.1, 0.15) is 28.8 Å². The largest absolute Gasteiger partial charge is 0.356 e. The van der Waals surface area contributed by atoms with Crippen molar-refractivity contribution in [3.8, 4) is 0 Å². The maximum atomic E-state index is 11.9. The summed E-state index contributed by atoms with van der Waals surface area (Å²) in [5.74, 6) is 1.02. The average Bonchev–Trinajstić information content (AvgIpc) is 3.16. The van der Waals surface area contributed by atoms with Crippen LogP contribution in [0.25, 0.3) is 0 Å². The summed E-state index contributed by atoms with van der Waals surface area (Å²) in [6, 6.07) is 5.62. The van der Waals surface area contributed by atoms with Crippen molar-refractivity contribution in [2.75, 3.05) is 26.7 Å². The fourth-order valence-corrected chi connectivity index (χ4v) is 2.88. The molecule has 0 fully saturated rings. The standard InChI is InChI=1S/C17H23N5OS/c1-13(15-5-9-24-12-15)10-22-17(18-2)21-8-7-20-16(23)14-4-3-6-19-11-14/h3-6,9,11-13H,7-8,10H2,1-2H3,(H,20,23)(H2,18,21,22). The van der Waals surface area contributed by atoms with Gasteiger partial charge in [-0.25, -0.2) is 0 Å². The highest BCUT2D eigenvalue weighted by molar-refractivity contribution is 7.07. The van der Waals surface area contributed by atoms with E-state index >= 15 is 0 Å². The zero-order valence-corrected chi connectivity index (χ0v) is 14.8. The number of aliphatic imine (C=N–C) groups is 1. The van der Waals surface area contributed by atoms with Gasteiger partial charge in [-0.1, -0.05) is 6.92 Å². The Hall–Kier alpha value is -2.41. The van der Waals surface area contributed by atoms with Crippen LogP contribution in [-0.2, 0) is 0 Å². The van der Waals surface area contributed by atoms with Gasteiger partial charge in [0.05, 0.1) is 5.56 Å². The molecule has 3 N–H and O–H groups in total. The Morgan fingerprint density at radius 3 is 2.79 bits per heavy atom. The number of rotatable bonds is 7. The molecule has 1 unspecified atom stereocenters. The van der Waals surface area contributed by atoms with Crippen molar-refractivity contribution in [2.24, 2.45) is 4.99 Å². The molecule has 0 radical (unpaired) electrons. The summed E-state index contributed by atoms with van der Waals surface area (Å²) < 4.78 is 0. The predicted molar refractivity (Wildman–Crippen MR) is 98.7 cm³/mol. The average molecular weight is 345 g/mol. The van der Waals surface area contributed by atoms with Gasteiger partial charge in [0.1, 0.15) is 0 Å². The molecule has 0 aliphatic carbocycles. The Kier molecular flexibility index (Phi) is 7.22. The topological polar surface area (TPSA) is 78.4 Å². The zero-order chi connectivity index (χ0) is 17.2. The predicted octanol–water partition coefficient (Wildman–Crippen LogP) is 1.84. The Labute approximate surface area is 146 Å². The Balaban J connectivity index is 1.66. The molecule has 2 heterocycles. The Bertz CT molecular complexity index is 642. The van der Waals surface area contributed by atoms with Gasteiger partial charge < -0.3 is 16.0 Å². The molecule has 2 aromatic heterocycles. The number of thiophene rings is 1. The molecule has 0 aromatic carbocycles. The minimum Gasteiger partial charge on any atom is -0.356 e. The fraction of sp³-hybridized carbons (Fsp3) is 0.353. The van der Waals surface area contributed by atoms with Crippen LogP contribution in [0.5, 0.6) is 0 Å². The quantitative estimate of drug-likeness (QED) is 0.406. The number of aromatic nitrogens is 1. The molecule has 0 aliphatic heterocycles. The fourth-order valence-electron chi connectivity index (χ4n) is 2.10. The van der Waals surface area contributed by atoms with E-state index in [9.17, 15) is 4.79 Å². The van der Waals surface area contributed by atoms with Gasteiger partial charge in [0, 0.05) is 39.1 Å². The monoisotopic (exact) mass is 345 g/mol. The number of guanidine groups is 1. The lowest BCUT2D eigenvalue weighted by Gasteiger charge is -2.15. The summed E-state index contributed by atoms with van der Waals surface area (Å²) in [6.45, 7) is 4.09. The number of pyridine rings is 1. The minimum atomic E-state index is -0.126. The third-order valence-electron chi connectivity index (χ3n) is 3.54. The van der Waals surface area contributed by atoms with E-state index in [4.69, 9.17) is 0 Å². The molecule has 0 saturated heterocycles. The molecule has 1 amide bonds. The van der Waals surface area contributed by atoms with Gasteiger partial charge in [0.15, 0.2) is 5.96 Å². The lowest BCUT2D eigenvalue weighted by atomic mass is 10.1. The normalized spacial score (nSPS) is 12.5. The van der Waals surface area contributed by atoms with E-state index in [1.165, 1.54) is 5.56 Å². The summed E-state index contributed by atoms with van der Waals surface area (Å²) in [5.41, 5.74) is 1.89. The molecule has 0 bridgehead atoms. The van der Waals surface area contributed by atoms with Crippen LogP contribution in [-0.4, -0.2) is 43.5 Å². The highest BCUT2D eigenvalue weighted by atomic mass is 32.1. The summed E-state index contributed by atoms with van der Waals surface area (Å²) in [7, 11) is 1.73. The van der Waals surface area contributed by atoms with Crippen LogP contribution in [0.3, 0.4) is 0 Å². The molecular formula is C17H23N5OS. The third-order valence-corrected chi connectivity index (χ3v) is 4.24. The molecule has 24 heavy (non-hydrogen) atoms. The van der Waals surface area contributed by atoms with Crippen molar-refractivity contribution >= 4 is 23.2 Å². The number of carbonyl (C=O) groups excluding carboxylic acids is 1. The van der Waals surface area contributed by atoms with Gasteiger partial charge in [0.2, 0.25) is 0 Å². The minimum absolute atomic E-state index is 0.126. The van der Waals surface area contributed by atoms with Gasteiger partial charge in [-0.3, -0.25) is 14.8 Å². The molecule has 1 atom stereocenters. The van der Waals surface area contributed by atoms with E-state index in [0.29, 0.717) is 24.6 Å². The molecule has 2 aromatic rings. The van der Waals surface area contributed by atoms with Crippen LogP contribution in [0.4, 0.5) is 0 Å². The number of nitrogens with one attached hydrogen (secondary N) is 3. The second-order valence-corrected chi connectivity index (χ2v) is 6.12. The second kappa shape index (κ2) is 9.67. The zero-order valence-electron chi connectivity index (χ0n) is 14.0. The van der Waals surface area contributed by atoms with Crippen LogP contribution in [0.2, 0.25) is 0 Å². The maximum absolute atomic E-state index is 11.9. The van der Waals surface area contributed by atoms with Crippen molar-refractivity contribution in [1.29, 1.82) is 0 Å². The first-order valence-corrected chi connectivity index (χ1v) is 8.80. The van der Waals surface area contributed by atoms with E-state index in [1.54, 1.807) is 42.9 Å². The van der Waals surface area contributed by atoms with E-state index in [1.807, 2.05) is 0 Å². The van der Waals surface area contributed by atoms with E-state index < -0.39 is 0 Å². The van der Waals surface area contributed by atoms with Crippen molar-refractivity contribution in [2.45, 2.75) is 12.8 Å². The number of amides is 1. The van der Waals surface area contributed by atoms with Crippen LogP contribution in [0, 0.1) is 0 Å². The third kappa shape index (κ3) is 5.66. The summed E-state index contributed by atoms with van der Waals surface area (Å²) in [6.07, 6.45) is 3.19. The first-order chi connectivity index (χ1) is 11.7. The van der Waals surface area contributed by atoms with Crippen molar-refractivity contribution in [1.82, 2.24) is 20.9 Å². The number of hydrogen-bond donors (Lipinski definition) is 3. The number of hydrogen-bond acceptors (Lipinski definition) is 4. The van der Waals surface area contributed by atoms with E-state index in [-0.39, 0.29) is 5.91 Å². The maximum Gasteiger partial charge on any atom is 0.252 e. The molecule has 0 spiro atoms. The van der Waals surface area contributed by atoms with E-state index in [0.717, 1.165) is 12.5 Å². The van der Waals surface area contributed by atoms with Gasteiger partial charge in [-0.05, 0) is 40.4 Å². The van der Waals surface area contributed by atoms with Crippen LogP contribution in [0.15, 0.2) is 46.3 Å². The summed E-state index contributed by atoms with van der Waals surface area (Å²) in [4.78, 5) is 20.0. The van der Waals surface area contributed by atoms with Gasteiger partial charge >= 0.3 is 0 Å². The summed E-state index contributed by atoms with van der Waals surface area (Å²) in [5, 5.41) is 13.6.